The van der Waals surface area contributed by atoms with Gasteiger partial charge in [-0.2, -0.15) is 0 Å². The summed E-state index contributed by atoms with van der Waals surface area (Å²) in [6.45, 7) is 3.00. The summed E-state index contributed by atoms with van der Waals surface area (Å²) in [5.41, 5.74) is 5.87. The molecule has 0 heterocycles. The van der Waals surface area contributed by atoms with E-state index in [1.165, 1.54) is 19.3 Å². The smallest absolute Gasteiger partial charge is 0.120 e. The molecular formula is C15H22BrNO. The third kappa shape index (κ3) is 3.48. The minimum atomic E-state index is 0.281. The second kappa shape index (κ2) is 6.58. The van der Waals surface area contributed by atoms with E-state index in [2.05, 4.69) is 22.9 Å². The van der Waals surface area contributed by atoms with E-state index >= 15 is 0 Å². The first-order valence-corrected chi connectivity index (χ1v) is 7.64. The molecule has 3 heteroatoms. The van der Waals surface area contributed by atoms with E-state index in [9.17, 15) is 0 Å². The summed E-state index contributed by atoms with van der Waals surface area (Å²) in [4.78, 5) is 0. The van der Waals surface area contributed by atoms with E-state index in [1.807, 2.05) is 24.3 Å². The van der Waals surface area contributed by atoms with E-state index in [1.54, 1.807) is 0 Å². The molecule has 3 unspecified atom stereocenters. The molecule has 1 aliphatic carbocycles. The van der Waals surface area contributed by atoms with Crippen molar-refractivity contribution in [2.24, 2.45) is 17.6 Å². The normalized spacial score (nSPS) is 28.1. The summed E-state index contributed by atoms with van der Waals surface area (Å²) in [5, 5.41) is 0. The minimum absolute atomic E-state index is 0.281. The molecule has 0 aliphatic heterocycles. The standard InChI is InChI=1S/C15H22BrNO/c1-2-11-6-7-12(10-17)15(8-11)18-14-5-3-4-13(16)9-14/h3-5,9,11-12,15H,2,6-8,10,17H2,1H3. The third-order valence-corrected chi connectivity index (χ3v) is 4.49. The average molecular weight is 312 g/mol. The molecule has 0 spiro atoms. The van der Waals surface area contributed by atoms with Crippen molar-refractivity contribution in [2.45, 2.75) is 38.7 Å². The van der Waals surface area contributed by atoms with Crippen LogP contribution >= 0.6 is 15.9 Å². The Labute approximate surface area is 118 Å². The van der Waals surface area contributed by atoms with Crippen LogP contribution in [0.5, 0.6) is 5.75 Å². The zero-order valence-electron chi connectivity index (χ0n) is 10.9. The fourth-order valence-electron chi connectivity index (χ4n) is 2.77. The van der Waals surface area contributed by atoms with Crippen LogP contribution in [0, 0.1) is 11.8 Å². The SMILES string of the molecule is CCC1CCC(CN)C(Oc2cccc(Br)c2)C1. The number of halogens is 1. The third-order valence-electron chi connectivity index (χ3n) is 4.00. The summed E-state index contributed by atoms with van der Waals surface area (Å²) in [6, 6.07) is 8.08. The van der Waals surface area contributed by atoms with E-state index in [0.717, 1.165) is 29.1 Å². The van der Waals surface area contributed by atoms with Crippen molar-refractivity contribution in [3.8, 4) is 5.75 Å². The first-order valence-electron chi connectivity index (χ1n) is 6.85. The lowest BCUT2D eigenvalue weighted by Gasteiger charge is -2.35. The Morgan fingerprint density at radius 2 is 2.22 bits per heavy atom. The van der Waals surface area contributed by atoms with Crippen molar-refractivity contribution in [1.82, 2.24) is 0 Å². The van der Waals surface area contributed by atoms with Crippen LogP contribution in [0.3, 0.4) is 0 Å². The van der Waals surface area contributed by atoms with E-state index in [4.69, 9.17) is 10.5 Å². The number of rotatable bonds is 4. The van der Waals surface area contributed by atoms with Crippen LogP contribution in [0.15, 0.2) is 28.7 Å². The molecule has 2 N–H and O–H groups in total. The van der Waals surface area contributed by atoms with Gasteiger partial charge in [0.05, 0.1) is 0 Å². The number of benzene rings is 1. The molecule has 3 atom stereocenters. The predicted octanol–water partition coefficient (Wildman–Crippen LogP) is 3.98. The van der Waals surface area contributed by atoms with Crippen LogP contribution in [0.25, 0.3) is 0 Å². The van der Waals surface area contributed by atoms with Gasteiger partial charge in [-0.05, 0) is 49.9 Å². The summed E-state index contributed by atoms with van der Waals surface area (Å²) >= 11 is 3.48. The lowest BCUT2D eigenvalue weighted by atomic mass is 9.78. The van der Waals surface area contributed by atoms with Crippen molar-refractivity contribution >= 4 is 15.9 Å². The monoisotopic (exact) mass is 311 g/mol. The van der Waals surface area contributed by atoms with Gasteiger partial charge in [0, 0.05) is 10.4 Å². The lowest BCUT2D eigenvalue weighted by Crippen LogP contribution is -2.38. The molecule has 0 bridgehead atoms. The molecule has 100 valence electrons. The molecule has 1 aliphatic rings. The van der Waals surface area contributed by atoms with Gasteiger partial charge in [-0.1, -0.05) is 35.3 Å². The van der Waals surface area contributed by atoms with Gasteiger partial charge in [-0.25, -0.2) is 0 Å². The Morgan fingerprint density at radius 1 is 1.39 bits per heavy atom. The molecule has 2 nitrogen and oxygen atoms in total. The molecule has 0 saturated heterocycles. The quantitative estimate of drug-likeness (QED) is 0.912. The fraction of sp³-hybridized carbons (Fsp3) is 0.600. The Bertz CT molecular complexity index is 383. The van der Waals surface area contributed by atoms with Gasteiger partial charge in [0.25, 0.3) is 0 Å². The van der Waals surface area contributed by atoms with E-state index in [0.29, 0.717) is 5.92 Å². The van der Waals surface area contributed by atoms with E-state index in [-0.39, 0.29) is 6.10 Å². The molecule has 1 aromatic rings. The van der Waals surface area contributed by atoms with Gasteiger partial charge in [0.2, 0.25) is 0 Å². The second-order valence-electron chi connectivity index (χ2n) is 5.20. The molecule has 0 aromatic heterocycles. The van der Waals surface area contributed by atoms with Crippen molar-refractivity contribution in [3.05, 3.63) is 28.7 Å². The van der Waals surface area contributed by atoms with Gasteiger partial charge in [0.1, 0.15) is 11.9 Å². The van der Waals surface area contributed by atoms with Crippen LogP contribution in [0.2, 0.25) is 0 Å². The minimum Gasteiger partial charge on any atom is -0.490 e. The zero-order chi connectivity index (χ0) is 13.0. The maximum Gasteiger partial charge on any atom is 0.120 e. The van der Waals surface area contributed by atoms with Crippen LogP contribution in [-0.4, -0.2) is 12.6 Å². The largest absolute Gasteiger partial charge is 0.490 e. The fourth-order valence-corrected chi connectivity index (χ4v) is 3.15. The highest BCUT2D eigenvalue weighted by molar-refractivity contribution is 9.10. The van der Waals surface area contributed by atoms with Crippen molar-refractivity contribution in [1.29, 1.82) is 0 Å². The van der Waals surface area contributed by atoms with Gasteiger partial charge in [-0.3, -0.25) is 0 Å². The molecule has 0 radical (unpaired) electrons. The highest BCUT2D eigenvalue weighted by Gasteiger charge is 2.30. The Balaban J connectivity index is 2.04. The highest BCUT2D eigenvalue weighted by Crippen LogP contribution is 2.33. The van der Waals surface area contributed by atoms with Crippen molar-refractivity contribution in [3.63, 3.8) is 0 Å². The summed E-state index contributed by atoms with van der Waals surface area (Å²) in [6.07, 6.45) is 5.17. The average Bonchev–Trinajstić information content (AvgIpc) is 2.38. The molecule has 1 fully saturated rings. The van der Waals surface area contributed by atoms with Gasteiger partial charge < -0.3 is 10.5 Å². The van der Waals surface area contributed by atoms with Crippen LogP contribution < -0.4 is 10.5 Å². The van der Waals surface area contributed by atoms with Gasteiger partial charge in [0.15, 0.2) is 0 Å². The molecule has 0 amide bonds. The van der Waals surface area contributed by atoms with Gasteiger partial charge in [-0.15, -0.1) is 0 Å². The van der Waals surface area contributed by atoms with Crippen LogP contribution in [-0.2, 0) is 0 Å². The molecule has 2 rings (SSSR count). The maximum atomic E-state index is 6.16. The number of hydrogen-bond acceptors (Lipinski definition) is 2. The topological polar surface area (TPSA) is 35.2 Å². The number of nitrogens with two attached hydrogens (primary N) is 1. The maximum absolute atomic E-state index is 6.16. The number of ether oxygens (including phenoxy) is 1. The lowest BCUT2D eigenvalue weighted by molar-refractivity contribution is 0.0684. The first-order chi connectivity index (χ1) is 8.72. The summed E-state index contributed by atoms with van der Waals surface area (Å²) in [5.74, 6) is 2.25. The van der Waals surface area contributed by atoms with Crippen molar-refractivity contribution in [2.75, 3.05) is 6.54 Å². The zero-order valence-corrected chi connectivity index (χ0v) is 12.5. The van der Waals surface area contributed by atoms with Crippen LogP contribution in [0.1, 0.15) is 32.6 Å². The second-order valence-corrected chi connectivity index (χ2v) is 6.11. The Kier molecular flexibility index (Phi) is 5.07. The predicted molar refractivity (Wildman–Crippen MR) is 78.7 cm³/mol. The summed E-state index contributed by atoms with van der Waals surface area (Å²) < 4.78 is 7.22. The summed E-state index contributed by atoms with van der Waals surface area (Å²) in [7, 11) is 0. The first kappa shape index (κ1) is 13.9. The van der Waals surface area contributed by atoms with Crippen LogP contribution in [0.4, 0.5) is 0 Å². The Hall–Kier alpha value is -0.540. The van der Waals surface area contributed by atoms with Gasteiger partial charge >= 0.3 is 0 Å². The number of hydrogen-bond donors (Lipinski definition) is 1. The highest BCUT2D eigenvalue weighted by atomic mass is 79.9. The molecule has 1 aromatic carbocycles. The van der Waals surface area contributed by atoms with Crippen molar-refractivity contribution < 1.29 is 4.74 Å². The molecular weight excluding hydrogens is 290 g/mol. The van der Waals surface area contributed by atoms with E-state index < -0.39 is 0 Å². The molecule has 1 saturated carbocycles. The molecule has 18 heavy (non-hydrogen) atoms. The Morgan fingerprint density at radius 3 is 2.89 bits per heavy atom.